The van der Waals surface area contributed by atoms with Gasteiger partial charge < -0.3 is 11.1 Å². The summed E-state index contributed by atoms with van der Waals surface area (Å²) in [5.41, 5.74) is 6.21. The van der Waals surface area contributed by atoms with Gasteiger partial charge in [-0.1, -0.05) is 35.2 Å². The minimum Gasteiger partial charge on any atom is -0.374 e. The smallest absolute Gasteiger partial charge is 0.238 e. The van der Waals surface area contributed by atoms with Crippen molar-refractivity contribution in [2.45, 2.75) is 15.8 Å². The van der Waals surface area contributed by atoms with Gasteiger partial charge in [0, 0.05) is 6.54 Å². The highest BCUT2D eigenvalue weighted by atomic mass is 32.2. The number of amides is 1. The van der Waals surface area contributed by atoms with Crippen LogP contribution in [-0.2, 0) is 21.4 Å². The molecule has 0 aliphatic carbocycles. The van der Waals surface area contributed by atoms with E-state index in [0.717, 1.165) is 5.56 Å². The van der Waals surface area contributed by atoms with Crippen LogP contribution in [0, 0.1) is 0 Å². The van der Waals surface area contributed by atoms with Crippen LogP contribution in [0.4, 0.5) is 5.13 Å². The van der Waals surface area contributed by atoms with E-state index in [2.05, 4.69) is 15.5 Å². The summed E-state index contributed by atoms with van der Waals surface area (Å²) in [5, 5.41) is 15.5. The topological polar surface area (TPSA) is 141 Å². The Hall–Kier alpha value is -1.69. The van der Waals surface area contributed by atoms with Crippen molar-refractivity contribution in [3.8, 4) is 0 Å². The Labute approximate surface area is 135 Å². The predicted molar refractivity (Wildman–Crippen MR) is 84.7 cm³/mol. The van der Waals surface area contributed by atoms with E-state index in [1.54, 1.807) is 12.1 Å². The first kappa shape index (κ1) is 16.7. The molecule has 1 aromatic carbocycles. The molecule has 0 saturated heterocycles. The van der Waals surface area contributed by atoms with Crippen LogP contribution in [0.1, 0.15) is 5.56 Å². The molecule has 0 aliphatic heterocycles. The molecule has 118 valence electrons. The molecule has 5 N–H and O–H groups in total. The van der Waals surface area contributed by atoms with E-state index in [0.29, 0.717) is 16.0 Å². The van der Waals surface area contributed by atoms with E-state index in [4.69, 9.17) is 10.9 Å². The summed E-state index contributed by atoms with van der Waals surface area (Å²) in [4.78, 5) is 11.7. The van der Waals surface area contributed by atoms with Gasteiger partial charge in [0.25, 0.3) is 0 Å². The fraction of sp³-hybridized carbons (Fsp3) is 0.182. The maximum Gasteiger partial charge on any atom is 0.238 e. The summed E-state index contributed by atoms with van der Waals surface area (Å²) < 4.78 is 22.9. The largest absolute Gasteiger partial charge is 0.374 e. The number of nitrogens with zero attached hydrogens (tertiary/aromatic N) is 2. The zero-order valence-corrected chi connectivity index (χ0v) is 13.7. The molecular weight excluding hydrogens is 346 g/mol. The fourth-order valence-corrected chi connectivity index (χ4v) is 3.44. The molecule has 0 atom stereocenters. The number of hydrogen-bond donors (Lipinski definition) is 3. The standard InChI is InChI=1S/C11H13N5O3S3/c12-10-15-16-11(21-10)20-6-9(17)14-5-7-1-3-8(4-2-7)22(13,18)19/h1-4H,5-6H2,(H2,12,15)(H,14,17)(H2,13,18,19). The van der Waals surface area contributed by atoms with E-state index in [9.17, 15) is 13.2 Å². The summed E-state index contributed by atoms with van der Waals surface area (Å²) in [5.74, 6) is 0.0264. The first-order valence-electron chi connectivity index (χ1n) is 5.95. The fourth-order valence-electron chi connectivity index (χ4n) is 1.45. The number of nitrogens with one attached hydrogen (secondary N) is 1. The summed E-state index contributed by atoms with van der Waals surface area (Å²) in [6.45, 7) is 0.294. The second-order valence-electron chi connectivity index (χ2n) is 4.16. The molecule has 1 amide bonds. The normalized spacial score (nSPS) is 11.3. The number of hydrogen-bond acceptors (Lipinski definition) is 8. The van der Waals surface area contributed by atoms with Crippen LogP contribution in [0.2, 0.25) is 0 Å². The van der Waals surface area contributed by atoms with Crippen LogP contribution in [0.3, 0.4) is 0 Å². The molecule has 0 aliphatic rings. The molecule has 2 rings (SSSR count). The lowest BCUT2D eigenvalue weighted by molar-refractivity contribution is -0.118. The first-order chi connectivity index (χ1) is 10.3. The van der Waals surface area contributed by atoms with E-state index in [1.807, 2.05) is 0 Å². The number of nitrogens with two attached hydrogens (primary N) is 2. The highest BCUT2D eigenvalue weighted by Gasteiger charge is 2.08. The van der Waals surface area contributed by atoms with Crippen molar-refractivity contribution in [3.05, 3.63) is 29.8 Å². The van der Waals surface area contributed by atoms with Gasteiger partial charge in [-0.25, -0.2) is 13.6 Å². The van der Waals surface area contributed by atoms with Gasteiger partial charge in [0.2, 0.25) is 21.1 Å². The quantitative estimate of drug-likeness (QED) is 0.624. The number of nitrogen functional groups attached to an aromatic ring is 1. The lowest BCUT2D eigenvalue weighted by Crippen LogP contribution is -2.24. The lowest BCUT2D eigenvalue weighted by atomic mass is 10.2. The summed E-state index contributed by atoms with van der Waals surface area (Å²) in [6, 6.07) is 5.99. The van der Waals surface area contributed by atoms with Gasteiger partial charge in [0.15, 0.2) is 4.34 Å². The summed E-state index contributed by atoms with van der Waals surface area (Å²) in [6.07, 6.45) is 0. The van der Waals surface area contributed by atoms with Crippen molar-refractivity contribution in [1.82, 2.24) is 15.5 Å². The molecule has 1 aromatic heterocycles. The molecule has 22 heavy (non-hydrogen) atoms. The summed E-state index contributed by atoms with van der Waals surface area (Å²) in [7, 11) is -3.70. The Morgan fingerprint density at radius 3 is 2.50 bits per heavy atom. The van der Waals surface area contributed by atoms with Crippen molar-refractivity contribution in [1.29, 1.82) is 0 Å². The van der Waals surface area contributed by atoms with E-state index >= 15 is 0 Å². The third-order valence-corrected chi connectivity index (χ3v) is 5.31. The molecule has 0 bridgehead atoms. The Balaban J connectivity index is 1.81. The van der Waals surface area contributed by atoms with E-state index in [1.165, 1.54) is 35.2 Å². The molecule has 0 fully saturated rings. The van der Waals surface area contributed by atoms with Crippen LogP contribution in [-0.4, -0.2) is 30.3 Å². The number of carbonyl (C=O) groups is 1. The third-order valence-electron chi connectivity index (χ3n) is 2.49. The molecule has 0 spiro atoms. The highest BCUT2D eigenvalue weighted by Crippen LogP contribution is 2.22. The molecule has 0 saturated carbocycles. The number of benzene rings is 1. The lowest BCUT2D eigenvalue weighted by Gasteiger charge is -2.05. The number of rotatable bonds is 6. The molecule has 0 unspecified atom stereocenters. The Morgan fingerprint density at radius 1 is 1.27 bits per heavy atom. The molecular formula is C11H13N5O3S3. The van der Waals surface area contributed by atoms with Gasteiger partial charge in [-0.05, 0) is 17.7 Å². The van der Waals surface area contributed by atoms with Gasteiger partial charge in [0.05, 0.1) is 10.6 Å². The van der Waals surface area contributed by atoms with Crippen LogP contribution in [0.5, 0.6) is 0 Å². The molecule has 2 aromatic rings. The predicted octanol–water partition coefficient (Wildman–Crippen LogP) is 0.176. The van der Waals surface area contributed by atoms with Gasteiger partial charge in [-0.15, -0.1) is 10.2 Å². The monoisotopic (exact) mass is 359 g/mol. The van der Waals surface area contributed by atoms with Crippen LogP contribution < -0.4 is 16.2 Å². The Kier molecular flexibility index (Phi) is 5.34. The minimum atomic E-state index is -3.70. The number of thioether (sulfide) groups is 1. The molecule has 0 radical (unpaired) electrons. The molecule has 8 nitrogen and oxygen atoms in total. The number of aromatic nitrogens is 2. The number of primary sulfonamides is 1. The third kappa shape index (κ3) is 4.94. The molecule has 1 heterocycles. The average molecular weight is 359 g/mol. The highest BCUT2D eigenvalue weighted by molar-refractivity contribution is 8.01. The van der Waals surface area contributed by atoms with E-state index < -0.39 is 10.0 Å². The second-order valence-corrected chi connectivity index (χ2v) is 7.95. The summed E-state index contributed by atoms with van der Waals surface area (Å²) >= 11 is 2.47. The van der Waals surface area contributed by atoms with Gasteiger partial charge in [-0.3, -0.25) is 4.79 Å². The van der Waals surface area contributed by atoms with Gasteiger partial charge in [0.1, 0.15) is 0 Å². The van der Waals surface area contributed by atoms with Crippen LogP contribution in [0.25, 0.3) is 0 Å². The first-order valence-corrected chi connectivity index (χ1v) is 9.29. The van der Waals surface area contributed by atoms with Crippen molar-refractivity contribution in [3.63, 3.8) is 0 Å². The van der Waals surface area contributed by atoms with Crippen molar-refractivity contribution < 1.29 is 13.2 Å². The minimum absolute atomic E-state index is 0.0343. The van der Waals surface area contributed by atoms with Gasteiger partial charge >= 0.3 is 0 Å². The van der Waals surface area contributed by atoms with Crippen molar-refractivity contribution in [2.24, 2.45) is 5.14 Å². The Bertz CT molecular complexity index is 758. The van der Waals surface area contributed by atoms with Crippen molar-refractivity contribution >= 4 is 44.2 Å². The maximum absolute atomic E-state index is 11.7. The maximum atomic E-state index is 11.7. The Morgan fingerprint density at radius 2 is 1.95 bits per heavy atom. The van der Waals surface area contributed by atoms with Crippen LogP contribution in [0.15, 0.2) is 33.5 Å². The zero-order chi connectivity index (χ0) is 16.2. The van der Waals surface area contributed by atoms with Crippen LogP contribution >= 0.6 is 23.1 Å². The number of carbonyl (C=O) groups excluding carboxylic acids is 1. The second kappa shape index (κ2) is 7.05. The van der Waals surface area contributed by atoms with E-state index in [-0.39, 0.29) is 16.6 Å². The number of sulfonamides is 1. The SMILES string of the molecule is Nc1nnc(SCC(=O)NCc2ccc(S(N)(=O)=O)cc2)s1. The van der Waals surface area contributed by atoms with Crippen molar-refractivity contribution in [2.75, 3.05) is 11.5 Å². The zero-order valence-electron chi connectivity index (χ0n) is 11.2. The number of anilines is 1. The average Bonchev–Trinajstić information content (AvgIpc) is 2.88. The van der Waals surface area contributed by atoms with Gasteiger partial charge in [-0.2, -0.15) is 0 Å². The molecule has 11 heteroatoms.